The lowest BCUT2D eigenvalue weighted by Crippen LogP contribution is -2.34. The molecule has 7 rings (SSSR count). The average Bonchev–Trinajstić information content (AvgIpc) is 3.65. The Morgan fingerprint density at radius 1 is 0.955 bits per heavy atom. The van der Waals surface area contributed by atoms with Crippen molar-refractivity contribution in [3.63, 3.8) is 0 Å². The van der Waals surface area contributed by atoms with Gasteiger partial charge >= 0.3 is 0 Å². The fraction of sp³-hybridized carbons (Fsp3) is 0.273. The molecule has 0 bridgehead atoms. The number of rotatable bonds is 9. The van der Waals surface area contributed by atoms with E-state index in [1.54, 1.807) is 18.6 Å². The predicted molar refractivity (Wildman–Crippen MR) is 168 cm³/mol. The van der Waals surface area contributed by atoms with E-state index in [1.807, 2.05) is 55.4 Å². The number of imidazole rings is 1. The number of likely N-dealkylation sites (N-methyl/N-ethyl adjacent to an activating group) is 1. The number of benzene rings is 2. The second kappa shape index (κ2) is 12.0. The van der Waals surface area contributed by atoms with Gasteiger partial charge in [0.05, 0.1) is 34.6 Å². The van der Waals surface area contributed by atoms with Crippen LogP contribution in [0.5, 0.6) is 11.5 Å². The molecule has 2 aromatic carbocycles. The van der Waals surface area contributed by atoms with E-state index in [1.165, 1.54) is 12.1 Å². The number of nitrogens with one attached hydrogen (secondary N) is 3. The molecule has 0 amide bonds. The Balaban J connectivity index is 1.21. The normalized spacial score (nSPS) is 14.1. The maximum absolute atomic E-state index is 14.7. The fourth-order valence-electron chi connectivity index (χ4n) is 5.51. The largest absolute Gasteiger partial charge is 0.492 e. The SMILES string of the molecule is CN(C)CCOc1cc(F)cc(-c2cccc3[nH]c(-c4n[nH]c5cnc(-c6cncc(OC7CCNCC7)c6)cc45)nc23)c1. The summed E-state index contributed by atoms with van der Waals surface area (Å²) < 4.78 is 26.7. The van der Waals surface area contributed by atoms with E-state index in [9.17, 15) is 4.39 Å². The molecule has 1 saturated heterocycles. The van der Waals surface area contributed by atoms with E-state index in [0.29, 0.717) is 35.0 Å². The van der Waals surface area contributed by atoms with E-state index in [0.717, 1.165) is 71.5 Å². The molecule has 1 aliphatic heterocycles. The van der Waals surface area contributed by atoms with Gasteiger partial charge in [0.2, 0.25) is 0 Å². The van der Waals surface area contributed by atoms with E-state index in [-0.39, 0.29) is 11.9 Å². The highest BCUT2D eigenvalue weighted by Gasteiger charge is 2.18. The summed E-state index contributed by atoms with van der Waals surface area (Å²) in [6.45, 7) is 3.10. The van der Waals surface area contributed by atoms with Crippen molar-refractivity contribution in [2.45, 2.75) is 18.9 Å². The second-order valence-electron chi connectivity index (χ2n) is 11.3. The number of aromatic amines is 2. The van der Waals surface area contributed by atoms with Crippen molar-refractivity contribution in [3.8, 4) is 45.4 Å². The predicted octanol–water partition coefficient (Wildman–Crippen LogP) is 5.44. The van der Waals surface area contributed by atoms with Crippen molar-refractivity contribution in [3.05, 3.63) is 72.9 Å². The molecule has 0 saturated carbocycles. The van der Waals surface area contributed by atoms with Crippen LogP contribution in [0.25, 0.3) is 55.8 Å². The van der Waals surface area contributed by atoms with Crippen molar-refractivity contribution in [1.29, 1.82) is 0 Å². The van der Waals surface area contributed by atoms with Gasteiger partial charge in [-0.05, 0) is 75.9 Å². The quantitative estimate of drug-likeness (QED) is 0.203. The number of piperidine rings is 1. The van der Waals surface area contributed by atoms with Gasteiger partial charge in [0.1, 0.15) is 35.7 Å². The molecule has 44 heavy (non-hydrogen) atoms. The van der Waals surface area contributed by atoms with Crippen LogP contribution in [-0.2, 0) is 0 Å². The second-order valence-corrected chi connectivity index (χ2v) is 11.3. The number of para-hydroxylation sites is 1. The first-order chi connectivity index (χ1) is 21.5. The zero-order valence-corrected chi connectivity index (χ0v) is 24.6. The highest BCUT2D eigenvalue weighted by Crippen LogP contribution is 2.34. The third-order valence-electron chi connectivity index (χ3n) is 7.77. The Morgan fingerprint density at radius 2 is 1.82 bits per heavy atom. The topological polar surface area (TPSA) is 117 Å². The maximum atomic E-state index is 14.7. The van der Waals surface area contributed by atoms with E-state index in [2.05, 4.69) is 30.5 Å². The highest BCUT2D eigenvalue weighted by atomic mass is 19.1. The molecule has 1 aliphatic rings. The van der Waals surface area contributed by atoms with Crippen molar-refractivity contribution in [2.24, 2.45) is 0 Å². The van der Waals surface area contributed by atoms with Crippen LogP contribution in [0.15, 0.2) is 67.1 Å². The summed E-state index contributed by atoms with van der Waals surface area (Å²) in [5, 5.41) is 11.9. The molecule has 224 valence electrons. The lowest BCUT2D eigenvalue weighted by atomic mass is 10.0. The first-order valence-electron chi connectivity index (χ1n) is 14.7. The fourth-order valence-corrected chi connectivity index (χ4v) is 5.51. The minimum Gasteiger partial charge on any atom is -0.492 e. The zero-order valence-electron chi connectivity index (χ0n) is 24.6. The van der Waals surface area contributed by atoms with Crippen LogP contribution in [0, 0.1) is 5.82 Å². The van der Waals surface area contributed by atoms with Gasteiger partial charge < -0.3 is 24.7 Å². The van der Waals surface area contributed by atoms with E-state index < -0.39 is 0 Å². The number of nitrogens with zero attached hydrogens (tertiary/aromatic N) is 5. The van der Waals surface area contributed by atoms with Crippen LogP contribution in [0.1, 0.15) is 12.8 Å². The summed E-state index contributed by atoms with van der Waals surface area (Å²) in [5.41, 5.74) is 6.05. The van der Waals surface area contributed by atoms with Crippen LogP contribution in [0.2, 0.25) is 0 Å². The number of ether oxygens (including phenoxy) is 2. The van der Waals surface area contributed by atoms with Crippen molar-refractivity contribution in [1.82, 2.24) is 40.3 Å². The molecule has 0 radical (unpaired) electrons. The number of H-pyrrole nitrogens is 2. The number of hydrogen-bond acceptors (Lipinski definition) is 8. The zero-order chi connectivity index (χ0) is 30.0. The summed E-state index contributed by atoms with van der Waals surface area (Å²) in [6.07, 6.45) is 7.41. The van der Waals surface area contributed by atoms with Gasteiger partial charge in [-0.25, -0.2) is 9.37 Å². The van der Waals surface area contributed by atoms with Crippen molar-refractivity contribution in [2.75, 3.05) is 40.3 Å². The number of hydrogen-bond donors (Lipinski definition) is 3. The molecule has 11 heteroatoms. The standard InChI is InChI=1S/C33H33FN8O2/c1-42(2)10-11-43-24-13-20(12-22(34)15-24)26-4-3-5-28-31(26)39-33(38-28)32-27-16-29(37-19-30(27)40-41-32)21-14-25(18-36-17-21)44-23-6-8-35-9-7-23/h3-5,12-19,23,35H,6-11H2,1-2H3,(H,38,39)(H,40,41). The number of aromatic nitrogens is 6. The smallest absolute Gasteiger partial charge is 0.159 e. The van der Waals surface area contributed by atoms with Gasteiger partial charge in [0.15, 0.2) is 5.82 Å². The molecule has 3 N–H and O–H groups in total. The summed E-state index contributed by atoms with van der Waals surface area (Å²) in [7, 11) is 3.94. The van der Waals surface area contributed by atoms with Gasteiger partial charge in [-0.15, -0.1) is 0 Å². The summed E-state index contributed by atoms with van der Waals surface area (Å²) in [4.78, 5) is 19.4. The molecule has 5 heterocycles. The Kier molecular flexibility index (Phi) is 7.63. The van der Waals surface area contributed by atoms with Crippen LogP contribution in [-0.4, -0.2) is 81.5 Å². The van der Waals surface area contributed by atoms with Gasteiger partial charge in [0, 0.05) is 35.3 Å². The number of pyridine rings is 2. The third kappa shape index (κ3) is 5.84. The lowest BCUT2D eigenvalue weighted by molar-refractivity contribution is 0.162. The Morgan fingerprint density at radius 3 is 2.68 bits per heavy atom. The van der Waals surface area contributed by atoms with Gasteiger partial charge in [-0.1, -0.05) is 12.1 Å². The maximum Gasteiger partial charge on any atom is 0.159 e. The van der Waals surface area contributed by atoms with Gasteiger partial charge in [-0.2, -0.15) is 5.10 Å². The van der Waals surface area contributed by atoms with Gasteiger partial charge in [-0.3, -0.25) is 15.1 Å². The first kappa shape index (κ1) is 27.9. The minimum atomic E-state index is -0.367. The summed E-state index contributed by atoms with van der Waals surface area (Å²) >= 11 is 0. The molecule has 0 spiro atoms. The van der Waals surface area contributed by atoms with Crippen LogP contribution in [0.4, 0.5) is 4.39 Å². The van der Waals surface area contributed by atoms with Gasteiger partial charge in [0.25, 0.3) is 0 Å². The molecule has 0 atom stereocenters. The highest BCUT2D eigenvalue weighted by molar-refractivity contribution is 5.97. The molecule has 6 aromatic rings. The molecule has 0 unspecified atom stereocenters. The molecular weight excluding hydrogens is 559 g/mol. The summed E-state index contributed by atoms with van der Waals surface area (Å²) in [5.74, 6) is 1.44. The molecule has 0 aliphatic carbocycles. The van der Waals surface area contributed by atoms with Crippen molar-refractivity contribution >= 4 is 21.9 Å². The molecule has 4 aromatic heterocycles. The average molecular weight is 593 g/mol. The Hall–Kier alpha value is -4.87. The van der Waals surface area contributed by atoms with Crippen LogP contribution in [0.3, 0.4) is 0 Å². The number of halogens is 1. The summed E-state index contributed by atoms with van der Waals surface area (Å²) in [6, 6.07) is 14.5. The number of fused-ring (bicyclic) bond motifs is 2. The lowest BCUT2D eigenvalue weighted by Gasteiger charge is -2.23. The molecule has 1 fully saturated rings. The minimum absolute atomic E-state index is 0.178. The van der Waals surface area contributed by atoms with Crippen molar-refractivity contribution < 1.29 is 13.9 Å². The Bertz CT molecular complexity index is 1930. The van der Waals surface area contributed by atoms with E-state index >= 15 is 0 Å². The van der Waals surface area contributed by atoms with Crippen LogP contribution >= 0.6 is 0 Å². The molecular formula is C33H33FN8O2. The third-order valence-corrected chi connectivity index (χ3v) is 7.77. The van der Waals surface area contributed by atoms with Crippen LogP contribution < -0.4 is 14.8 Å². The molecule has 10 nitrogen and oxygen atoms in total. The van der Waals surface area contributed by atoms with E-state index in [4.69, 9.17) is 14.5 Å². The first-order valence-corrected chi connectivity index (χ1v) is 14.7. The monoisotopic (exact) mass is 592 g/mol. The Labute approximate surface area is 253 Å².